The van der Waals surface area contributed by atoms with Gasteiger partial charge in [0.15, 0.2) is 21.3 Å². The first kappa shape index (κ1) is 20.3. The maximum Gasteiger partial charge on any atom is 0.273 e. The lowest BCUT2D eigenvalue weighted by Gasteiger charge is -2.31. The van der Waals surface area contributed by atoms with Crippen molar-refractivity contribution in [2.24, 2.45) is 0 Å². The molecule has 0 unspecified atom stereocenters. The Bertz CT molecular complexity index is 927. The van der Waals surface area contributed by atoms with E-state index in [0.29, 0.717) is 11.3 Å². The van der Waals surface area contributed by atoms with Crippen molar-refractivity contribution in [1.82, 2.24) is 15.4 Å². The second-order valence-corrected chi connectivity index (χ2v) is 9.12. The predicted molar refractivity (Wildman–Crippen MR) is 107 cm³/mol. The molecular formula is C20H25N3O4S. The zero-order valence-electron chi connectivity index (χ0n) is 15.9. The van der Waals surface area contributed by atoms with Gasteiger partial charge in [-0.15, -0.1) is 6.58 Å². The molecule has 0 saturated carbocycles. The molecule has 7 nitrogen and oxygen atoms in total. The van der Waals surface area contributed by atoms with Gasteiger partial charge in [0.2, 0.25) is 0 Å². The van der Waals surface area contributed by atoms with Crippen molar-refractivity contribution in [3.05, 3.63) is 48.7 Å². The van der Waals surface area contributed by atoms with Crippen LogP contribution in [0.4, 0.5) is 0 Å². The van der Waals surface area contributed by atoms with Gasteiger partial charge >= 0.3 is 0 Å². The van der Waals surface area contributed by atoms with Crippen molar-refractivity contribution in [1.29, 1.82) is 0 Å². The number of benzene rings is 1. The number of hydrogen-bond donors (Lipinski definition) is 1. The van der Waals surface area contributed by atoms with Crippen LogP contribution in [0.1, 0.15) is 30.3 Å². The van der Waals surface area contributed by atoms with Crippen LogP contribution < -0.4 is 5.32 Å². The Balaban J connectivity index is 1.62. The van der Waals surface area contributed by atoms with E-state index < -0.39 is 9.84 Å². The summed E-state index contributed by atoms with van der Waals surface area (Å²) in [5.74, 6) is 0.208. The molecule has 1 aliphatic heterocycles. The van der Waals surface area contributed by atoms with E-state index in [0.717, 1.165) is 32.5 Å². The van der Waals surface area contributed by atoms with Crippen LogP contribution in [0.2, 0.25) is 0 Å². The fourth-order valence-electron chi connectivity index (χ4n) is 3.21. The fourth-order valence-corrected chi connectivity index (χ4v) is 4.10. The van der Waals surface area contributed by atoms with Gasteiger partial charge in [-0.2, -0.15) is 0 Å². The summed E-state index contributed by atoms with van der Waals surface area (Å²) >= 11 is 0. The molecule has 0 bridgehead atoms. The molecule has 1 amide bonds. The summed E-state index contributed by atoms with van der Waals surface area (Å²) in [4.78, 5) is 15.0. The summed E-state index contributed by atoms with van der Waals surface area (Å²) in [6, 6.07) is 8.07. The van der Waals surface area contributed by atoms with Gasteiger partial charge in [0, 0.05) is 37.3 Å². The van der Waals surface area contributed by atoms with Crippen molar-refractivity contribution < 1.29 is 17.7 Å². The van der Waals surface area contributed by atoms with Gasteiger partial charge in [-0.05, 0) is 37.1 Å². The first-order valence-electron chi connectivity index (χ1n) is 9.37. The lowest BCUT2D eigenvalue weighted by molar-refractivity contribution is 0.0905. The average Bonchev–Trinajstić information content (AvgIpc) is 3.20. The smallest absolute Gasteiger partial charge is 0.273 e. The predicted octanol–water partition coefficient (Wildman–Crippen LogP) is 2.52. The molecule has 3 rings (SSSR count). The standard InChI is InChI=1S/C20H25N3O4S/c1-3-11-23-12-9-16(10-13-23)21-20(24)18-14-19(27-22-18)15-5-7-17(8-6-15)28(25,26)4-2/h3,5-8,14,16H,1,4,9-13H2,2H3,(H,21,24). The quantitative estimate of drug-likeness (QED) is 0.714. The van der Waals surface area contributed by atoms with Crippen LogP contribution in [-0.4, -0.2) is 55.8 Å². The number of sulfone groups is 1. The topological polar surface area (TPSA) is 92.5 Å². The second-order valence-electron chi connectivity index (χ2n) is 6.84. The van der Waals surface area contributed by atoms with Gasteiger partial charge in [0.25, 0.3) is 5.91 Å². The maximum atomic E-state index is 12.4. The first-order chi connectivity index (χ1) is 13.4. The van der Waals surface area contributed by atoms with Crippen LogP contribution in [0, 0.1) is 0 Å². The minimum Gasteiger partial charge on any atom is -0.355 e. The number of carbonyl (C=O) groups excluding carboxylic acids is 1. The molecule has 8 heteroatoms. The van der Waals surface area contributed by atoms with E-state index in [1.165, 1.54) is 12.1 Å². The highest BCUT2D eigenvalue weighted by Crippen LogP contribution is 2.23. The Kier molecular flexibility index (Phi) is 6.31. The summed E-state index contributed by atoms with van der Waals surface area (Å²) < 4.78 is 29.1. The van der Waals surface area contributed by atoms with Gasteiger partial charge in [-0.3, -0.25) is 9.69 Å². The van der Waals surface area contributed by atoms with Crippen molar-refractivity contribution in [2.45, 2.75) is 30.7 Å². The van der Waals surface area contributed by atoms with Crippen LogP contribution in [0.25, 0.3) is 11.3 Å². The van der Waals surface area contributed by atoms with E-state index >= 15 is 0 Å². The number of hydrogen-bond acceptors (Lipinski definition) is 6. The number of nitrogens with one attached hydrogen (secondary N) is 1. The molecule has 1 fully saturated rings. The van der Waals surface area contributed by atoms with Crippen molar-refractivity contribution in [3.8, 4) is 11.3 Å². The highest BCUT2D eigenvalue weighted by Gasteiger charge is 2.22. The van der Waals surface area contributed by atoms with Crippen molar-refractivity contribution in [2.75, 3.05) is 25.4 Å². The molecule has 1 aromatic carbocycles. The second kappa shape index (κ2) is 8.70. The number of aromatic nitrogens is 1. The zero-order valence-corrected chi connectivity index (χ0v) is 16.7. The molecule has 1 saturated heterocycles. The Morgan fingerprint density at radius 1 is 1.32 bits per heavy atom. The van der Waals surface area contributed by atoms with Crippen LogP contribution in [-0.2, 0) is 9.84 Å². The molecular weight excluding hydrogens is 378 g/mol. The summed E-state index contributed by atoms with van der Waals surface area (Å²) in [5, 5.41) is 6.87. The monoisotopic (exact) mass is 403 g/mol. The van der Waals surface area contributed by atoms with E-state index in [1.54, 1.807) is 25.1 Å². The van der Waals surface area contributed by atoms with E-state index in [4.69, 9.17) is 4.52 Å². The molecule has 1 aromatic heterocycles. The molecule has 0 aliphatic carbocycles. The summed E-state index contributed by atoms with van der Waals surface area (Å²) in [5.41, 5.74) is 0.883. The average molecular weight is 404 g/mol. The molecule has 1 N–H and O–H groups in total. The number of likely N-dealkylation sites (tertiary alicyclic amines) is 1. The van der Waals surface area contributed by atoms with Gasteiger partial charge in [0.05, 0.1) is 10.6 Å². The highest BCUT2D eigenvalue weighted by atomic mass is 32.2. The zero-order chi connectivity index (χ0) is 20.1. The van der Waals surface area contributed by atoms with Crippen LogP contribution in [0.3, 0.4) is 0 Å². The molecule has 0 atom stereocenters. The van der Waals surface area contributed by atoms with Crippen molar-refractivity contribution >= 4 is 15.7 Å². The largest absolute Gasteiger partial charge is 0.355 e. The Labute approximate surface area is 165 Å². The van der Waals surface area contributed by atoms with Gasteiger partial charge < -0.3 is 9.84 Å². The number of nitrogens with zero attached hydrogens (tertiary/aromatic N) is 2. The number of carbonyl (C=O) groups is 1. The third kappa shape index (κ3) is 4.69. The molecule has 2 heterocycles. The third-order valence-electron chi connectivity index (χ3n) is 4.93. The number of piperidine rings is 1. The molecule has 28 heavy (non-hydrogen) atoms. The number of amides is 1. The summed E-state index contributed by atoms with van der Waals surface area (Å²) in [7, 11) is -3.25. The lowest BCUT2D eigenvalue weighted by Crippen LogP contribution is -2.44. The normalized spacial score (nSPS) is 16.0. The van der Waals surface area contributed by atoms with Crippen LogP contribution in [0.15, 0.2) is 52.4 Å². The van der Waals surface area contributed by atoms with Crippen LogP contribution in [0.5, 0.6) is 0 Å². The summed E-state index contributed by atoms with van der Waals surface area (Å²) in [6.07, 6.45) is 3.66. The fraction of sp³-hybridized carbons (Fsp3) is 0.400. The maximum absolute atomic E-state index is 12.4. The van der Waals surface area contributed by atoms with E-state index in [1.807, 2.05) is 6.08 Å². The van der Waals surface area contributed by atoms with Gasteiger partial charge in [-0.1, -0.05) is 18.2 Å². The van der Waals surface area contributed by atoms with Crippen LogP contribution >= 0.6 is 0 Å². The van der Waals surface area contributed by atoms with E-state index in [-0.39, 0.29) is 28.3 Å². The molecule has 1 aliphatic rings. The Morgan fingerprint density at radius 2 is 2.00 bits per heavy atom. The molecule has 150 valence electrons. The number of rotatable bonds is 7. The minimum absolute atomic E-state index is 0.0471. The summed E-state index contributed by atoms with van der Waals surface area (Å²) in [6.45, 7) is 8.07. The molecule has 2 aromatic rings. The van der Waals surface area contributed by atoms with Crippen molar-refractivity contribution in [3.63, 3.8) is 0 Å². The molecule has 0 radical (unpaired) electrons. The highest BCUT2D eigenvalue weighted by molar-refractivity contribution is 7.91. The van der Waals surface area contributed by atoms with Gasteiger partial charge in [-0.25, -0.2) is 8.42 Å². The first-order valence-corrected chi connectivity index (χ1v) is 11.0. The van der Waals surface area contributed by atoms with Gasteiger partial charge in [0.1, 0.15) is 0 Å². The SMILES string of the molecule is C=CCN1CCC(NC(=O)c2cc(-c3ccc(S(=O)(=O)CC)cc3)on2)CC1. The minimum atomic E-state index is -3.25. The lowest BCUT2D eigenvalue weighted by atomic mass is 10.0. The van der Waals surface area contributed by atoms with E-state index in [9.17, 15) is 13.2 Å². The Morgan fingerprint density at radius 3 is 2.61 bits per heavy atom. The molecule has 0 spiro atoms. The Hall–Kier alpha value is -2.45. The van der Waals surface area contributed by atoms with E-state index in [2.05, 4.69) is 22.0 Å². The third-order valence-corrected chi connectivity index (χ3v) is 6.68.